The zero-order valence-corrected chi connectivity index (χ0v) is 9.72. The lowest BCUT2D eigenvalue weighted by Crippen LogP contribution is -2.33. The van der Waals surface area contributed by atoms with Gasteiger partial charge in [0, 0.05) is 16.7 Å². The van der Waals surface area contributed by atoms with E-state index in [1.54, 1.807) is 0 Å². The normalized spacial score (nSPS) is 15.9. The number of nitrogens with two attached hydrogens (primary N) is 1. The van der Waals surface area contributed by atoms with Gasteiger partial charge >= 0.3 is 0 Å². The molecule has 2 rings (SSSR count). The Kier molecular flexibility index (Phi) is 2.65. The van der Waals surface area contributed by atoms with E-state index in [0.29, 0.717) is 11.0 Å². The van der Waals surface area contributed by atoms with E-state index in [-0.39, 0.29) is 0 Å². The molecule has 5 heteroatoms. The van der Waals surface area contributed by atoms with Crippen LogP contribution < -0.4 is 10.6 Å². The maximum Gasteiger partial charge on any atom is 0.195 e. The molecule has 74 valence electrons. The molecule has 3 nitrogen and oxygen atoms in total. The molecule has 1 aromatic carbocycles. The van der Waals surface area contributed by atoms with E-state index in [1.807, 2.05) is 23.1 Å². The molecule has 2 N–H and O–H groups in total. The van der Waals surface area contributed by atoms with Crippen molar-refractivity contribution in [2.75, 3.05) is 18.0 Å². The van der Waals surface area contributed by atoms with Crippen LogP contribution >= 0.6 is 27.5 Å². The van der Waals surface area contributed by atoms with E-state index in [0.717, 1.165) is 23.2 Å². The minimum Gasteiger partial charge on any atom is -0.370 e. The fourth-order valence-electron chi connectivity index (χ4n) is 1.38. The van der Waals surface area contributed by atoms with Crippen molar-refractivity contribution in [1.82, 2.24) is 0 Å². The lowest BCUT2D eigenvalue weighted by Gasteiger charge is -2.17. The summed E-state index contributed by atoms with van der Waals surface area (Å²) in [6.07, 6.45) is 0. The molecule has 0 unspecified atom stereocenters. The molecule has 1 heterocycles. The largest absolute Gasteiger partial charge is 0.370 e. The van der Waals surface area contributed by atoms with Gasteiger partial charge in [0.2, 0.25) is 0 Å². The second kappa shape index (κ2) is 3.79. The van der Waals surface area contributed by atoms with Crippen LogP contribution in [0.4, 0.5) is 5.69 Å². The molecule has 0 saturated heterocycles. The van der Waals surface area contributed by atoms with Gasteiger partial charge in [-0.1, -0.05) is 11.6 Å². The third-order valence-electron chi connectivity index (χ3n) is 2.09. The second-order valence-corrected chi connectivity index (χ2v) is 4.25. The van der Waals surface area contributed by atoms with Crippen LogP contribution in [0, 0.1) is 0 Å². The van der Waals surface area contributed by atoms with Gasteiger partial charge in [0.25, 0.3) is 0 Å². The molecule has 0 spiro atoms. The van der Waals surface area contributed by atoms with Crippen LogP contribution in [0.5, 0.6) is 0 Å². The predicted molar refractivity (Wildman–Crippen MR) is 63.0 cm³/mol. The Morgan fingerprint density at radius 3 is 2.86 bits per heavy atom. The summed E-state index contributed by atoms with van der Waals surface area (Å²) in [6.45, 7) is 1.59. The van der Waals surface area contributed by atoms with Gasteiger partial charge in [-0.3, -0.25) is 4.99 Å². The Balaban J connectivity index is 2.33. The molecular formula is C9H9BrClN3. The van der Waals surface area contributed by atoms with E-state index in [9.17, 15) is 0 Å². The number of rotatable bonds is 1. The SMILES string of the molecule is NC1=NCCN1c1ccc(Cl)c(Br)c1. The van der Waals surface area contributed by atoms with Gasteiger partial charge in [0.05, 0.1) is 11.6 Å². The van der Waals surface area contributed by atoms with Crippen LogP contribution in [-0.2, 0) is 0 Å². The maximum atomic E-state index is 5.90. The quantitative estimate of drug-likeness (QED) is 0.853. The van der Waals surface area contributed by atoms with Crippen LogP contribution in [0.3, 0.4) is 0 Å². The summed E-state index contributed by atoms with van der Waals surface area (Å²) in [5.41, 5.74) is 6.74. The van der Waals surface area contributed by atoms with Crippen LogP contribution in [0.25, 0.3) is 0 Å². The standard InChI is InChI=1S/C9H9BrClN3/c10-7-5-6(1-2-8(7)11)14-4-3-13-9(14)12/h1-2,5H,3-4H2,(H2,12,13). The fourth-order valence-corrected chi connectivity index (χ4v) is 1.86. The Labute approximate surface area is 95.7 Å². The third kappa shape index (κ3) is 1.72. The molecule has 0 radical (unpaired) electrons. The van der Waals surface area contributed by atoms with E-state index >= 15 is 0 Å². The van der Waals surface area contributed by atoms with E-state index in [2.05, 4.69) is 20.9 Å². The van der Waals surface area contributed by atoms with Crippen molar-refractivity contribution in [2.24, 2.45) is 10.7 Å². The minimum atomic E-state index is 0.569. The number of aliphatic imine (C=N–C) groups is 1. The summed E-state index contributed by atoms with van der Waals surface area (Å²) in [6, 6.07) is 5.71. The number of benzene rings is 1. The van der Waals surface area contributed by atoms with Crippen molar-refractivity contribution in [2.45, 2.75) is 0 Å². The summed E-state index contributed by atoms with van der Waals surface area (Å²) in [4.78, 5) is 6.08. The number of anilines is 1. The summed E-state index contributed by atoms with van der Waals surface area (Å²) in [5.74, 6) is 0.569. The van der Waals surface area contributed by atoms with Crippen LogP contribution in [0.15, 0.2) is 27.7 Å². The topological polar surface area (TPSA) is 41.6 Å². The third-order valence-corrected chi connectivity index (χ3v) is 3.30. The summed E-state index contributed by atoms with van der Waals surface area (Å²) >= 11 is 9.27. The number of hydrogen-bond donors (Lipinski definition) is 1. The molecule has 0 aliphatic carbocycles. The monoisotopic (exact) mass is 273 g/mol. The smallest absolute Gasteiger partial charge is 0.195 e. The molecule has 1 aliphatic heterocycles. The number of hydrogen-bond acceptors (Lipinski definition) is 3. The first-order valence-electron chi connectivity index (χ1n) is 4.21. The average Bonchev–Trinajstić information content (AvgIpc) is 2.57. The zero-order valence-electron chi connectivity index (χ0n) is 7.37. The van der Waals surface area contributed by atoms with Gasteiger partial charge in [-0.05, 0) is 34.1 Å². The Bertz CT molecular complexity index is 392. The molecule has 0 amide bonds. The first-order valence-corrected chi connectivity index (χ1v) is 5.38. The van der Waals surface area contributed by atoms with Gasteiger partial charge in [-0.15, -0.1) is 0 Å². The van der Waals surface area contributed by atoms with Gasteiger partial charge in [0.15, 0.2) is 5.96 Å². The Morgan fingerprint density at radius 2 is 2.29 bits per heavy atom. The highest BCUT2D eigenvalue weighted by Gasteiger charge is 2.15. The van der Waals surface area contributed by atoms with E-state index in [4.69, 9.17) is 17.3 Å². The lowest BCUT2D eigenvalue weighted by molar-refractivity contribution is 1.02. The second-order valence-electron chi connectivity index (χ2n) is 2.99. The van der Waals surface area contributed by atoms with Crippen LogP contribution in [0.2, 0.25) is 5.02 Å². The molecule has 1 aliphatic rings. The van der Waals surface area contributed by atoms with E-state index < -0.39 is 0 Å². The van der Waals surface area contributed by atoms with Gasteiger partial charge in [-0.25, -0.2) is 0 Å². The van der Waals surface area contributed by atoms with Crippen LogP contribution in [0.1, 0.15) is 0 Å². The van der Waals surface area contributed by atoms with Crippen molar-refractivity contribution < 1.29 is 0 Å². The van der Waals surface area contributed by atoms with Crippen molar-refractivity contribution in [3.05, 3.63) is 27.7 Å². The number of nitrogens with zero attached hydrogens (tertiary/aromatic N) is 2. The van der Waals surface area contributed by atoms with Crippen molar-refractivity contribution in [1.29, 1.82) is 0 Å². The first-order chi connectivity index (χ1) is 6.68. The highest BCUT2D eigenvalue weighted by molar-refractivity contribution is 9.10. The minimum absolute atomic E-state index is 0.569. The molecule has 0 bridgehead atoms. The molecule has 0 fully saturated rings. The number of halogens is 2. The summed E-state index contributed by atoms with van der Waals surface area (Å²) in [7, 11) is 0. The van der Waals surface area contributed by atoms with Gasteiger partial charge in [0.1, 0.15) is 0 Å². The highest BCUT2D eigenvalue weighted by atomic mass is 79.9. The zero-order chi connectivity index (χ0) is 10.1. The molecular weight excluding hydrogens is 265 g/mol. The van der Waals surface area contributed by atoms with Crippen molar-refractivity contribution in [3.8, 4) is 0 Å². The van der Waals surface area contributed by atoms with Crippen molar-refractivity contribution >= 4 is 39.2 Å². The first kappa shape index (κ1) is 9.80. The highest BCUT2D eigenvalue weighted by Crippen LogP contribution is 2.28. The summed E-state index contributed by atoms with van der Waals surface area (Å²) in [5, 5.41) is 0.698. The molecule has 14 heavy (non-hydrogen) atoms. The van der Waals surface area contributed by atoms with E-state index in [1.165, 1.54) is 0 Å². The maximum absolute atomic E-state index is 5.90. The Hall–Kier alpha value is -0.740. The lowest BCUT2D eigenvalue weighted by atomic mass is 10.3. The predicted octanol–water partition coefficient (Wildman–Crippen LogP) is 2.24. The van der Waals surface area contributed by atoms with Crippen LogP contribution in [-0.4, -0.2) is 19.0 Å². The fraction of sp³-hybridized carbons (Fsp3) is 0.222. The van der Waals surface area contributed by atoms with Gasteiger partial charge in [-0.2, -0.15) is 0 Å². The summed E-state index contributed by atoms with van der Waals surface area (Å²) < 4.78 is 0.872. The molecule has 0 aromatic heterocycles. The molecule has 1 aromatic rings. The number of guanidine groups is 1. The van der Waals surface area contributed by atoms with Crippen molar-refractivity contribution in [3.63, 3.8) is 0 Å². The average molecular weight is 275 g/mol. The molecule has 0 saturated carbocycles. The Morgan fingerprint density at radius 1 is 1.50 bits per heavy atom. The molecule has 0 atom stereocenters. The van der Waals surface area contributed by atoms with Gasteiger partial charge < -0.3 is 10.6 Å².